The van der Waals surface area contributed by atoms with Crippen molar-refractivity contribution in [3.8, 4) is 5.75 Å². The van der Waals surface area contributed by atoms with Gasteiger partial charge in [-0.25, -0.2) is 0 Å². The zero-order chi connectivity index (χ0) is 20.0. The lowest BCUT2D eigenvalue weighted by Crippen LogP contribution is -2.48. The highest BCUT2D eigenvalue weighted by atomic mass is 16.5. The van der Waals surface area contributed by atoms with Gasteiger partial charge in [0.1, 0.15) is 5.75 Å². The largest absolute Gasteiger partial charge is 0.483 e. The summed E-state index contributed by atoms with van der Waals surface area (Å²) in [5, 5.41) is 0. The van der Waals surface area contributed by atoms with E-state index in [1.54, 1.807) is 0 Å². The second kappa shape index (κ2) is 9.78. The Hall–Kier alpha value is -1.55. The number of likely N-dealkylation sites (tertiary alicyclic amines) is 1. The Balaban J connectivity index is 1.65. The summed E-state index contributed by atoms with van der Waals surface area (Å²) in [6.07, 6.45) is 8.38. The molecule has 1 fully saturated rings. The Morgan fingerprint density at radius 2 is 1.86 bits per heavy atom. The Bertz CT molecular complexity index is 635. The lowest BCUT2D eigenvalue weighted by molar-refractivity contribution is -0.134. The zero-order valence-corrected chi connectivity index (χ0v) is 18.1. The first kappa shape index (κ1) is 21.2. The number of hydrogen-bond donors (Lipinski definition) is 0. The van der Waals surface area contributed by atoms with Crippen molar-refractivity contribution in [1.82, 2.24) is 9.80 Å². The van der Waals surface area contributed by atoms with E-state index in [1.165, 1.54) is 63.7 Å². The van der Waals surface area contributed by atoms with Crippen LogP contribution in [0, 0.1) is 11.3 Å². The molecule has 2 aliphatic heterocycles. The topological polar surface area (TPSA) is 32.8 Å². The highest BCUT2D eigenvalue weighted by Crippen LogP contribution is 2.38. The van der Waals surface area contributed by atoms with Crippen LogP contribution in [0.15, 0.2) is 24.3 Å². The van der Waals surface area contributed by atoms with Crippen LogP contribution in [0.4, 0.5) is 0 Å². The number of carbonyl (C=O) groups is 1. The number of carbonyl (C=O) groups excluding carboxylic acids is 1. The number of likely N-dealkylation sites (N-methyl/N-ethyl adjacent to an activating group) is 1. The van der Waals surface area contributed by atoms with E-state index in [0.29, 0.717) is 0 Å². The van der Waals surface area contributed by atoms with Gasteiger partial charge in [0.05, 0.1) is 0 Å². The lowest BCUT2D eigenvalue weighted by atomic mass is 9.73. The summed E-state index contributed by atoms with van der Waals surface area (Å²) < 4.78 is 5.89. The molecule has 0 unspecified atom stereocenters. The molecule has 3 rings (SSSR count). The van der Waals surface area contributed by atoms with Crippen LogP contribution in [0.3, 0.4) is 0 Å². The van der Waals surface area contributed by atoms with E-state index in [2.05, 4.69) is 30.9 Å². The maximum atomic E-state index is 12.7. The number of para-hydroxylation sites is 1. The van der Waals surface area contributed by atoms with Gasteiger partial charge in [-0.1, -0.05) is 38.5 Å². The third-order valence-electron chi connectivity index (χ3n) is 6.66. The second-order valence-corrected chi connectivity index (χ2v) is 9.38. The van der Waals surface area contributed by atoms with Crippen LogP contribution in [0.5, 0.6) is 5.75 Å². The Morgan fingerprint density at radius 1 is 1.11 bits per heavy atom. The number of fused-ring (bicyclic) bond motifs is 1. The number of piperidine rings is 1. The highest BCUT2D eigenvalue weighted by Gasteiger charge is 2.36. The maximum Gasteiger partial charge on any atom is 0.260 e. The molecule has 1 aromatic carbocycles. The molecule has 1 spiro atoms. The summed E-state index contributed by atoms with van der Waals surface area (Å²) in [7, 11) is 1.95. The van der Waals surface area contributed by atoms with Crippen LogP contribution in [0.1, 0.15) is 57.9 Å². The molecule has 4 heteroatoms. The molecule has 0 bridgehead atoms. The first-order valence-electron chi connectivity index (χ1n) is 11.1. The van der Waals surface area contributed by atoms with Gasteiger partial charge in [-0.3, -0.25) is 4.79 Å². The summed E-state index contributed by atoms with van der Waals surface area (Å²) in [6.45, 7) is 9.19. The standard InChI is InChI=1S/C24H38N2O2/c1-20(2)11-15-26-16-13-24(14-17-26)12-7-6-9-21-8-4-5-10-22(21)28-18-23(27)25(3)19-24/h4-5,8,10,20H,6-7,9,11-19H2,1-3H3. The molecular weight excluding hydrogens is 348 g/mol. The van der Waals surface area contributed by atoms with Gasteiger partial charge in [0.2, 0.25) is 0 Å². The van der Waals surface area contributed by atoms with Crippen LogP contribution in [-0.2, 0) is 11.2 Å². The fourth-order valence-electron chi connectivity index (χ4n) is 4.69. The van der Waals surface area contributed by atoms with E-state index in [4.69, 9.17) is 4.74 Å². The number of amides is 1. The number of benzene rings is 1. The molecule has 0 saturated carbocycles. The summed E-state index contributed by atoms with van der Waals surface area (Å²) in [6, 6.07) is 8.18. The summed E-state index contributed by atoms with van der Waals surface area (Å²) >= 11 is 0. The molecule has 0 aliphatic carbocycles. The molecule has 2 heterocycles. The molecule has 1 saturated heterocycles. The molecule has 0 atom stereocenters. The average Bonchev–Trinajstić information content (AvgIpc) is 2.69. The van der Waals surface area contributed by atoms with E-state index < -0.39 is 0 Å². The predicted octanol–water partition coefficient (Wildman–Crippen LogP) is 4.38. The molecule has 0 aromatic heterocycles. The van der Waals surface area contributed by atoms with Crippen LogP contribution < -0.4 is 4.74 Å². The van der Waals surface area contributed by atoms with Crippen LogP contribution in [0.25, 0.3) is 0 Å². The summed E-state index contributed by atoms with van der Waals surface area (Å²) in [5.74, 6) is 1.74. The summed E-state index contributed by atoms with van der Waals surface area (Å²) in [5.41, 5.74) is 1.51. The van der Waals surface area contributed by atoms with Crippen LogP contribution >= 0.6 is 0 Å². The normalized spacial score (nSPS) is 21.7. The maximum absolute atomic E-state index is 12.7. The van der Waals surface area contributed by atoms with Gasteiger partial charge in [0.25, 0.3) is 5.91 Å². The molecular formula is C24H38N2O2. The molecule has 156 valence electrons. The number of aryl methyl sites for hydroxylation is 1. The van der Waals surface area contributed by atoms with Crippen molar-refractivity contribution >= 4 is 5.91 Å². The van der Waals surface area contributed by atoms with Crippen molar-refractivity contribution in [2.24, 2.45) is 11.3 Å². The molecule has 28 heavy (non-hydrogen) atoms. The second-order valence-electron chi connectivity index (χ2n) is 9.38. The Labute approximate surface area is 171 Å². The minimum absolute atomic E-state index is 0.0944. The van der Waals surface area contributed by atoms with Gasteiger partial charge in [0.15, 0.2) is 6.61 Å². The van der Waals surface area contributed by atoms with Gasteiger partial charge in [0, 0.05) is 13.6 Å². The minimum atomic E-state index is 0.0944. The van der Waals surface area contributed by atoms with Gasteiger partial charge < -0.3 is 14.5 Å². The third-order valence-corrected chi connectivity index (χ3v) is 6.66. The average molecular weight is 387 g/mol. The van der Waals surface area contributed by atoms with Gasteiger partial charge in [-0.2, -0.15) is 0 Å². The van der Waals surface area contributed by atoms with Crippen molar-refractivity contribution in [3.05, 3.63) is 29.8 Å². The van der Waals surface area contributed by atoms with E-state index in [9.17, 15) is 4.79 Å². The molecule has 0 N–H and O–H groups in total. The number of rotatable bonds is 3. The van der Waals surface area contributed by atoms with Crippen molar-refractivity contribution in [3.63, 3.8) is 0 Å². The molecule has 1 amide bonds. The van der Waals surface area contributed by atoms with E-state index >= 15 is 0 Å². The van der Waals surface area contributed by atoms with Crippen molar-refractivity contribution < 1.29 is 9.53 Å². The number of ether oxygens (including phenoxy) is 1. The predicted molar refractivity (Wildman–Crippen MR) is 115 cm³/mol. The molecule has 2 aliphatic rings. The van der Waals surface area contributed by atoms with Gasteiger partial charge in [-0.05, 0) is 81.1 Å². The Morgan fingerprint density at radius 3 is 2.61 bits per heavy atom. The van der Waals surface area contributed by atoms with E-state index in [1.807, 2.05) is 24.1 Å². The zero-order valence-electron chi connectivity index (χ0n) is 18.1. The molecule has 1 aromatic rings. The van der Waals surface area contributed by atoms with Crippen LogP contribution in [-0.4, -0.2) is 55.5 Å². The first-order valence-corrected chi connectivity index (χ1v) is 11.1. The van der Waals surface area contributed by atoms with E-state index in [0.717, 1.165) is 24.6 Å². The molecule has 4 nitrogen and oxygen atoms in total. The minimum Gasteiger partial charge on any atom is -0.483 e. The summed E-state index contributed by atoms with van der Waals surface area (Å²) in [4.78, 5) is 17.3. The monoisotopic (exact) mass is 386 g/mol. The highest BCUT2D eigenvalue weighted by molar-refractivity contribution is 5.77. The Kier molecular flexibility index (Phi) is 7.39. The smallest absolute Gasteiger partial charge is 0.260 e. The SMILES string of the molecule is CC(C)CCN1CCC2(CCCCc3ccccc3OCC(=O)N(C)C2)CC1. The fraction of sp³-hybridized carbons (Fsp3) is 0.708. The van der Waals surface area contributed by atoms with Crippen LogP contribution in [0.2, 0.25) is 0 Å². The van der Waals surface area contributed by atoms with E-state index in [-0.39, 0.29) is 17.9 Å². The quantitative estimate of drug-likeness (QED) is 0.773. The van der Waals surface area contributed by atoms with Gasteiger partial charge in [-0.15, -0.1) is 0 Å². The van der Waals surface area contributed by atoms with Gasteiger partial charge >= 0.3 is 0 Å². The number of nitrogens with zero attached hydrogens (tertiary/aromatic N) is 2. The lowest BCUT2D eigenvalue weighted by Gasteiger charge is -2.44. The molecule has 0 radical (unpaired) electrons. The van der Waals surface area contributed by atoms with Crippen molar-refractivity contribution in [2.45, 2.75) is 58.8 Å². The fourth-order valence-corrected chi connectivity index (χ4v) is 4.69. The third kappa shape index (κ3) is 5.73. The first-order chi connectivity index (χ1) is 13.5. The van der Waals surface area contributed by atoms with Crippen molar-refractivity contribution in [1.29, 1.82) is 0 Å². The number of hydrogen-bond acceptors (Lipinski definition) is 3. The van der Waals surface area contributed by atoms with Crippen molar-refractivity contribution in [2.75, 3.05) is 39.8 Å².